The molecule has 0 bridgehead atoms. The summed E-state index contributed by atoms with van der Waals surface area (Å²) in [5, 5.41) is 11.5. The number of hydrogen-bond acceptors (Lipinski definition) is 10. The van der Waals surface area contributed by atoms with Gasteiger partial charge in [0.25, 0.3) is 11.8 Å². The van der Waals surface area contributed by atoms with Crippen LogP contribution in [0.25, 0.3) is 0 Å². The van der Waals surface area contributed by atoms with Crippen molar-refractivity contribution in [2.24, 2.45) is 11.8 Å². The lowest BCUT2D eigenvalue weighted by Crippen LogP contribution is -2.49. The maximum absolute atomic E-state index is 13.2. The molecule has 15 heteroatoms. The van der Waals surface area contributed by atoms with Crippen LogP contribution in [0.1, 0.15) is 58.8 Å². The fourth-order valence-electron chi connectivity index (χ4n) is 5.16. The molecule has 0 saturated carbocycles. The van der Waals surface area contributed by atoms with Gasteiger partial charge in [0.1, 0.15) is 23.5 Å². The van der Waals surface area contributed by atoms with Gasteiger partial charge in [-0.1, -0.05) is 74.5 Å². The summed E-state index contributed by atoms with van der Waals surface area (Å²) in [6.07, 6.45) is 10.6. The van der Waals surface area contributed by atoms with Gasteiger partial charge in [-0.25, -0.2) is 9.97 Å². The van der Waals surface area contributed by atoms with Gasteiger partial charge in [-0.2, -0.15) is 0 Å². The van der Waals surface area contributed by atoms with E-state index in [9.17, 15) is 19.2 Å². The second-order valence-corrected chi connectivity index (χ2v) is 12.8. The lowest BCUT2D eigenvalue weighted by molar-refractivity contribution is -0.123. The number of rotatable bonds is 22. The second kappa shape index (κ2) is 22.4. The van der Waals surface area contributed by atoms with Crippen LogP contribution in [0.15, 0.2) is 97.8 Å². The van der Waals surface area contributed by atoms with Crippen LogP contribution in [-0.2, 0) is 31.7 Å². The molecule has 14 nitrogen and oxygen atoms in total. The van der Waals surface area contributed by atoms with Crippen LogP contribution in [-0.4, -0.2) is 89.6 Å². The summed E-state index contributed by atoms with van der Waals surface area (Å²) in [5.41, 5.74) is 2.11. The Morgan fingerprint density at radius 2 is 1.04 bits per heavy atom. The van der Waals surface area contributed by atoms with Crippen LogP contribution < -0.4 is 21.3 Å². The third-order valence-electron chi connectivity index (χ3n) is 8.33. The molecule has 2 aromatic heterocycles. The van der Waals surface area contributed by atoms with Gasteiger partial charge in [0, 0.05) is 63.9 Å². The number of amides is 4. The highest BCUT2D eigenvalue weighted by Gasteiger charge is 2.24. The minimum absolute atomic E-state index is 0.117. The molecule has 4 atom stereocenters. The smallest absolute Gasteiger partial charge is 0.414 e. The topological polar surface area (TPSA) is 186 Å². The first kappa shape index (κ1) is 40.2. The van der Waals surface area contributed by atoms with Gasteiger partial charge in [-0.15, -0.1) is 0 Å². The van der Waals surface area contributed by atoms with E-state index in [1.165, 1.54) is 37.2 Å². The summed E-state index contributed by atoms with van der Waals surface area (Å²) in [6.45, 7) is 5.74. The van der Waals surface area contributed by atoms with Gasteiger partial charge in [0.05, 0.1) is 12.4 Å². The van der Waals surface area contributed by atoms with Crippen LogP contribution in [0.4, 0.5) is 0 Å². The van der Waals surface area contributed by atoms with Crippen LogP contribution in [0.5, 0.6) is 0 Å². The van der Waals surface area contributed by atoms with Gasteiger partial charge in [0.15, 0.2) is 0 Å². The Kier molecular flexibility index (Phi) is 17.0. The quantitative estimate of drug-likeness (QED) is 0.0693. The molecule has 4 rings (SSSR count). The summed E-state index contributed by atoms with van der Waals surface area (Å²) in [7, 11) is 0.124. The van der Waals surface area contributed by atoms with E-state index in [2.05, 4.69) is 41.2 Å². The van der Waals surface area contributed by atoms with E-state index in [-0.39, 0.29) is 42.7 Å². The van der Waals surface area contributed by atoms with Crippen molar-refractivity contribution in [1.29, 1.82) is 0 Å². The molecule has 2 aromatic carbocycles. The fourth-order valence-corrected chi connectivity index (χ4v) is 5.16. The number of benzene rings is 2. The zero-order valence-corrected chi connectivity index (χ0v) is 30.1. The first-order valence-corrected chi connectivity index (χ1v) is 17.7. The minimum Gasteiger partial charge on any atom is -0.414 e. The van der Waals surface area contributed by atoms with Crippen molar-refractivity contribution in [2.45, 2.75) is 51.6 Å². The highest BCUT2D eigenvalue weighted by Crippen LogP contribution is 2.08. The molecule has 4 N–H and O–H groups in total. The number of carbonyl (C=O) groups is 4. The summed E-state index contributed by atoms with van der Waals surface area (Å²) in [6, 6.07) is 17.4. The Morgan fingerprint density at radius 1 is 0.623 bits per heavy atom. The summed E-state index contributed by atoms with van der Waals surface area (Å²) < 4.78 is 11.3. The molecule has 53 heavy (non-hydrogen) atoms. The maximum Gasteiger partial charge on any atom is 0.438 e. The van der Waals surface area contributed by atoms with Gasteiger partial charge >= 0.3 is 7.69 Å². The Bertz CT molecular complexity index is 1570. The predicted octanol–water partition coefficient (Wildman–Crippen LogP) is 2.23. The number of nitrogens with one attached hydrogen (secondary N) is 4. The average molecular weight is 723 g/mol. The first-order chi connectivity index (χ1) is 25.8. The van der Waals surface area contributed by atoms with Crippen molar-refractivity contribution in [3.8, 4) is 0 Å². The van der Waals surface area contributed by atoms with Gasteiger partial charge < -0.3 is 30.6 Å². The molecular formula is C38H47BN8O6. The Balaban J connectivity index is 1.10. The molecule has 2 heterocycles. The molecule has 4 amide bonds. The SMILES string of the molecule is CC(CCOBOCCC(C)CNC(=O)[C@H](Cc1ccccc1)NC(=O)c1cnccn1)CNC(=O)[C@H](Cc1ccccc1)NC(=O)c1cnccn1. The molecule has 0 aliphatic heterocycles. The van der Waals surface area contributed by atoms with Crippen molar-refractivity contribution in [3.05, 3.63) is 120 Å². The molecule has 2 unspecified atom stereocenters. The zero-order chi connectivity index (χ0) is 37.7. The van der Waals surface area contributed by atoms with Crippen LogP contribution in [0, 0.1) is 11.8 Å². The Morgan fingerprint density at radius 3 is 1.42 bits per heavy atom. The monoisotopic (exact) mass is 722 g/mol. The Hall–Kier alpha value is -5.54. The average Bonchev–Trinajstić information content (AvgIpc) is 3.19. The van der Waals surface area contributed by atoms with Crippen LogP contribution in [0.3, 0.4) is 0 Å². The highest BCUT2D eigenvalue weighted by molar-refractivity contribution is 6.17. The van der Waals surface area contributed by atoms with E-state index >= 15 is 0 Å². The van der Waals surface area contributed by atoms with E-state index in [0.29, 0.717) is 52.0 Å². The number of carbonyl (C=O) groups excluding carboxylic acids is 4. The number of hydrogen-bond donors (Lipinski definition) is 4. The van der Waals surface area contributed by atoms with Gasteiger partial charge in [-0.3, -0.25) is 29.1 Å². The van der Waals surface area contributed by atoms with E-state index in [4.69, 9.17) is 9.31 Å². The van der Waals surface area contributed by atoms with Crippen molar-refractivity contribution < 1.29 is 28.5 Å². The van der Waals surface area contributed by atoms with E-state index in [1.807, 2.05) is 74.5 Å². The number of nitrogens with zero attached hydrogens (tertiary/aromatic N) is 4. The number of aromatic nitrogens is 4. The normalized spacial score (nSPS) is 13.1. The summed E-state index contributed by atoms with van der Waals surface area (Å²) >= 11 is 0. The van der Waals surface area contributed by atoms with Crippen molar-refractivity contribution in [3.63, 3.8) is 0 Å². The molecular weight excluding hydrogens is 675 g/mol. The third-order valence-corrected chi connectivity index (χ3v) is 8.33. The Labute approximate surface area is 310 Å². The van der Waals surface area contributed by atoms with Gasteiger partial charge in [0.2, 0.25) is 11.8 Å². The predicted molar refractivity (Wildman–Crippen MR) is 199 cm³/mol. The van der Waals surface area contributed by atoms with Crippen molar-refractivity contribution >= 4 is 31.3 Å². The lowest BCUT2D eigenvalue weighted by Gasteiger charge is -2.20. The summed E-state index contributed by atoms with van der Waals surface area (Å²) in [5.74, 6) is -1.28. The highest BCUT2D eigenvalue weighted by atomic mass is 16.6. The molecule has 278 valence electrons. The second-order valence-electron chi connectivity index (χ2n) is 12.8. The molecule has 0 radical (unpaired) electrons. The molecule has 0 spiro atoms. The van der Waals surface area contributed by atoms with Crippen LogP contribution >= 0.6 is 0 Å². The third kappa shape index (κ3) is 14.9. The molecule has 4 aromatic rings. The van der Waals surface area contributed by atoms with Crippen molar-refractivity contribution in [2.75, 3.05) is 26.3 Å². The maximum atomic E-state index is 13.2. The minimum atomic E-state index is -0.786. The molecule has 0 aliphatic carbocycles. The van der Waals surface area contributed by atoms with Crippen molar-refractivity contribution in [1.82, 2.24) is 41.2 Å². The standard InChI is InChI=1S/C38H47BN8O6/c1-27(23-44-35(48)31(21-29-9-5-3-6-10-29)46-37(50)33-25-40-15-17-42-33)13-19-52-39-53-20-14-28(2)24-45-36(49)32(22-30-11-7-4-8-12-30)47-38(51)34-26-41-16-18-43-34/h3-12,15-18,25-28,31-32,39H,13-14,19-24H2,1-2H3,(H,44,48)(H,45,49)(H,46,50)(H,47,51)/t27?,28?,31-,32-/m0/s1. The van der Waals surface area contributed by atoms with E-state index < -0.39 is 23.9 Å². The van der Waals surface area contributed by atoms with Gasteiger partial charge in [-0.05, 0) is 35.8 Å². The largest absolute Gasteiger partial charge is 0.438 e. The molecule has 0 saturated heterocycles. The fraction of sp³-hybridized carbons (Fsp3) is 0.368. The molecule has 0 fully saturated rings. The van der Waals surface area contributed by atoms with E-state index in [1.54, 1.807) is 0 Å². The summed E-state index contributed by atoms with van der Waals surface area (Å²) in [4.78, 5) is 67.7. The van der Waals surface area contributed by atoms with Crippen LogP contribution in [0.2, 0.25) is 0 Å². The lowest BCUT2D eigenvalue weighted by atomic mass is 10.0. The van der Waals surface area contributed by atoms with E-state index in [0.717, 1.165) is 11.1 Å². The first-order valence-electron chi connectivity index (χ1n) is 17.7. The molecule has 0 aliphatic rings. The zero-order valence-electron chi connectivity index (χ0n) is 30.1.